The van der Waals surface area contributed by atoms with E-state index in [1.54, 1.807) is 6.92 Å². The van der Waals surface area contributed by atoms with E-state index in [0.717, 1.165) is 27.2 Å². The number of nitro benzene ring substituents is 1. The van der Waals surface area contributed by atoms with Crippen molar-refractivity contribution in [3.8, 4) is 0 Å². The number of imide groups is 1. The van der Waals surface area contributed by atoms with Gasteiger partial charge in [-0.1, -0.05) is 73.7 Å². The fourth-order valence-electron chi connectivity index (χ4n) is 7.13. The van der Waals surface area contributed by atoms with Crippen LogP contribution in [0.4, 0.5) is 11.4 Å². The summed E-state index contributed by atoms with van der Waals surface area (Å²) in [6.45, 7) is 3.69. The lowest BCUT2D eigenvalue weighted by atomic mass is 9.62. The molecule has 0 aromatic heterocycles. The highest BCUT2D eigenvalue weighted by Crippen LogP contribution is 2.74. The van der Waals surface area contributed by atoms with Crippen molar-refractivity contribution in [2.45, 2.75) is 20.3 Å². The molecule has 2 amide bonds. The van der Waals surface area contributed by atoms with Gasteiger partial charge in [-0.25, -0.2) is 4.90 Å². The molecule has 2 aliphatic carbocycles. The number of hydrogen-bond donors (Lipinski definition) is 0. The van der Waals surface area contributed by atoms with E-state index in [-0.39, 0.29) is 17.2 Å². The summed E-state index contributed by atoms with van der Waals surface area (Å²) in [5, 5.41) is 11.4. The van der Waals surface area contributed by atoms with Gasteiger partial charge in [-0.15, -0.1) is 0 Å². The van der Waals surface area contributed by atoms with Gasteiger partial charge in [-0.05, 0) is 41.7 Å². The molecule has 6 rings (SSSR count). The summed E-state index contributed by atoms with van der Waals surface area (Å²) in [6, 6.07) is 24.7. The number of hydrogen-bond acceptors (Lipinski definition) is 5. The van der Waals surface area contributed by atoms with Gasteiger partial charge in [0.05, 0.1) is 33.3 Å². The van der Waals surface area contributed by atoms with E-state index in [9.17, 15) is 24.5 Å². The molecule has 7 nitrogen and oxygen atoms in total. The van der Waals surface area contributed by atoms with Crippen molar-refractivity contribution in [1.82, 2.24) is 0 Å². The molecule has 2 bridgehead atoms. The van der Waals surface area contributed by atoms with E-state index in [0.29, 0.717) is 6.42 Å². The maximum Gasteiger partial charge on any atom is 0.271 e. The number of anilines is 1. The van der Waals surface area contributed by atoms with Crippen molar-refractivity contribution in [3.63, 3.8) is 0 Å². The molecule has 3 aromatic carbocycles. The van der Waals surface area contributed by atoms with Crippen LogP contribution in [0.1, 0.15) is 31.4 Å². The Hall–Kier alpha value is -4.39. The lowest BCUT2D eigenvalue weighted by molar-refractivity contribution is -0.384. The number of amides is 2. The topological polar surface area (TPSA) is 97.6 Å². The number of benzene rings is 3. The third kappa shape index (κ3) is 2.74. The number of carbonyl (C=O) groups excluding carboxylic acids is 3. The summed E-state index contributed by atoms with van der Waals surface area (Å²) in [5.74, 6) is -2.84. The van der Waals surface area contributed by atoms with E-state index in [1.165, 1.54) is 24.3 Å². The number of allylic oxidation sites excluding steroid dienone is 2. The van der Waals surface area contributed by atoms with Gasteiger partial charge in [0.25, 0.3) is 5.69 Å². The number of nitro groups is 1. The molecule has 184 valence electrons. The van der Waals surface area contributed by atoms with Crippen LogP contribution in [0.15, 0.2) is 84.9 Å². The van der Waals surface area contributed by atoms with E-state index in [1.807, 2.05) is 67.6 Å². The first-order chi connectivity index (χ1) is 17.8. The van der Waals surface area contributed by atoms with Crippen LogP contribution in [0, 0.1) is 32.8 Å². The fraction of sp³-hybridized carbons (Fsp3) is 0.233. The number of fused-ring (bicyclic) bond motifs is 5. The summed E-state index contributed by atoms with van der Waals surface area (Å²) in [5.41, 5.74) is 0.824. The maximum atomic E-state index is 14.4. The van der Waals surface area contributed by atoms with Gasteiger partial charge in [-0.3, -0.25) is 24.5 Å². The summed E-state index contributed by atoms with van der Waals surface area (Å²) in [4.78, 5) is 54.5. The van der Waals surface area contributed by atoms with Gasteiger partial charge in [-0.2, -0.15) is 0 Å². The third-order valence-electron chi connectivity index (χ3n) is 8.53. The van der Waals surface area contributed by atoms with Crippen molar-refractivity contribution in [2.75, 3.05) is 4.90 Å². The van der Waals surface area contributed by atoms with Crippen LogP contribution in [0.5, 0.6) is 0 Å². The second-order valence-electron chi connectivity index (χ2n) is 10.1. The van der Waals surface area contributed by atoms with Crippen LogP contribution in [-0.2, 0) is 14.4 Å². The molecule has 7 heteroatoms. The van der Waals surface area contributed by atoms with Crippen LogP contribution in [0.3, 0.4) is 0 Å². The standard InChI is InChI=1S/C30H24N2O5/c1-3-30-23(19-13-8-5-9-14-19)22(18-11-6-4-7-12-18)29(2,28(30)35)24-25(30)27(34)31(26(24)33)20-15-10-16-21(17-20)32(36)37/h4-17,24-25H,3H2,1-2H3/t24-,25+,29-,30+/m0/s1. The average Bonchev–Trinajstić information content (AvgIpc) is 3.39. The van der Waals surface area contributed by atoms with Crippen LogP contribution in [0.2, 0.25) is 0 Å². The van der Waals surface area contributed by atoms with Gasteiger partial charge in [0.1, 0.15) is 0 Å². The third-order valence-corrected chi connectivity index (χ3v) is 8.53. The highest BCUT2D eigenvalue weighted by Gasteiger charge is 2.79. The van der Waals surface area contributed by atoms with Crippen molar-refractivity contribution in [3.05, 3.63) is 106 Å². The predicted octanol–water partition coefficient (Wildman–Crippen LogP) is 5.31. The first-order valence-corrected chi connectivity index (χ1v) is 12.3. The number of nitrogens with zero attached hydrogens (tertiary/aromatic N) is 2. The number of carbonyl (C=O) groups is 3. The van der Waals surface area contributed by atoms with Crippen molar-refractivity contribution in [2.24, 2.45) is 22.7 Å². The van der Waals surface area contributed by atoms with Gasteiger partial charge < -0.3 is 0 Å². The predicted molar refractivity (Wildman–Crippen MR) is 138 cm³/mol. The maximum absolute atomic E-state index is 14.4. The number of Topliss-reactive ketones (excluding diaryl/α,β-unsaturated/α-hetero) is 1. The minimum atomic E-state index is -1.23. The zero-order valence-corrected chi connectivity index (χ0v) is 20.4. The van der Waals surface area contributed by atoms with Crippen molar-refractivity contribution in [1.29, 1.82) is 0 Å². The molecule has 37 heavy (non-hydrogen) atoms. The summed E-state index contributed by atoms with van der Waals surface area (Å²) >= 11 is 0. The smallest absolute Gasteiger partial charge is 0.271 e. The minimum absolute atomic E-state index is 0.101. The Kier molecular flexibility index (Phi) is 4.86. The zero-order chi connectivity index (χ0) is 26.1. The van der Waals surface area contributed by atoms with E-state index >= 15 is 0 Å². The normalized spacial score (nSPS) is 28.3. The molecule has 2 fully saturated rings. The molecule has 1 aliphatic heterocycles. The summed E-state index contributed by atoms with van der Waals surface area (Å²) < 4.78 is 0. The van der Waals surface area contributed by atoms with Crippen LogP contribution >= 0.6 is 0 Å². The molecule has 1 heterocycles. The molecule has 1 saturated carbocycles. The number of rotatable bonds is 5. The molecular weight excluding hydrogens is 468 g/mol. The summed E-state index contributed by atoms with van der Waals surface area (Å²) in [7, 11) is 0. The van der Waals surface area contributed by atoms with Crippen molar-refractivity contribution < 1.29 is 19.3 Å². The Morgan fingerprint density at radius 1 is 0.811 bits per heavy atom. The fourth-order valence-corrected chi connectivity index (χ4v) is 7.13. The Bertz CT molecular complexity index is 1530. The van der Waals surface area contributed by atoms with Crippen molar-refractivity contribution >= 4 is 40.1 Å². The highest BCUT2D eigenvalue weighted by molar-refractivity contribution is 6.34. The largest absolute Gasteiger partial charge is 0.298 e. The van der Waals surface area contributed by atoms with Gasteiger partial charge >= 0.3 is 0 Å². The van der Waals surface area contributed by atoms with E-state index in [4.69, 9.17) is 0 Å². The first kappa shape index (κ1) is 23.0. The summed E-state index contributed by atoms with van der Waals surface area (Å²) in [6.07, 6.45) is 0.352. The molecular formula is C30H24N2O5. The lowest BCUT2D eigenvalue weighted by Crippen LogP contribution is -2.41. The second-order valence-corrected chi connectivity index (χ2v) is 10.1. The SMILES string of the molecule is CC[C@@]12C(=O)[C@@](C)(C(c3ccccc3)=C1c1ccccc1)[C@@H]1C(=O)N(c3cccc([N+](=O)[O-])c3)C(=O)[C@@H]12. The van der Waals surface area contributed by atoms with Crippen LogP contribution < -0.4 is 4.90 Å². The molecule has 0 N–H and O–H groups in total. The lowest BCUT2D eigenvalue weighted by Gasteiger charge is -2.37. The highest BCUT2D eigenvalue weighted by atomic mass is 16.6. The number of non-ortho nitro benzene ring substituents is 1. The van der Waals surface area contributed by atoms with Crippen LogP contribution in [0.25, 0.3) is 11.1 Å². The molecule has 3 aromatic rings. The van der Waals surface area contributed by atoms with Gasteiger partial charge in [0.2, 0.25) is 11.8 Å². The Morgan fingerprint density at radius 3 is 1.95 bits per heavy atom. The minimum Gasteiger partial charge on any atom is -0.298 e. The van der Waals surface area contributed by atoms with Gasteiger partial charge in [0.15, 0.2) is 5.78 Å². The monoisotopic (exact) mass is 492 g/mol. The second kappa shape index (κ2) is 7.80. The van der Waals surface area contributed by atoms with E-state index in [2.05, 4.69) is 0 Å². The first-order valence-electron chi connectivity index (χ1n) is 12.3. The van der Waals surface area contributed by atoms with Crippen LogP contribution in [-0.4, -0.2) is 22.5 Å². The molecule has 0 spiro atoms. The van der Waals surface area contributed by atoms with E-state index < -0.39 is 39.4 Å². The number of ketones is 1. The average molecular weight is 493 g/mol. The Labute approximate surface area is 213 Å². The Balaban J connectivity index is 1.62. The molecule has 1 saturated heterocycles. The molecule has 3 aliphatic rings. The molecule has 4 atom stereocenters. The zero-order valence-electron chi connectivity index (χ0n) is 20.4. The molecule has 0 radical (unpaired) electrons. The Morgan fingerprint density at radius 2 is 1.38 bits per heavy atom. The quantitative estimate of drug-likeness (QED) is 0.273. The van der Waals surface area contributed by atoms with Gasteiger partial charge in [0, 0.05) is 12.1 Å². The molecule has 0 unspecified atom stereocenters.